The van der Waals surface area contributed by atoms with E-state index in [1.807, 2.05) is 12.3 Å². The molecule has 2 aromatic heterocycles. The molecule has 6 heteroatoms. The first-order valence-corrected chi connectivity index (χ1v) is 4.57. The highest BCUT2D eigenvalue weighted by Crippen LogP contribution is 2.17. The monoisotopic (exact) mass is 190 g/mol. The molecule has 2 N–H and O–H groups in total. The van der Waals surface area contributed by atoms with Gasteiger partial charge < -0.3 is 10.6 Å². The summed E-state index contributed by atoms with van der Waals surface area (Å²) >= 11 is 0. The third-order valence-corrected chi connectivity index (χ3v) is 2.39. The molecule has 0 radical (unpaired) electrons. The summed E-state index contributed by atoms with van der Waals surface area (Å²) in [6, 6.07) is 1.93. The summed E-state index contributed by atoms with van der Waals surface area (Å²) in [6.07, 6.45) is 3.07. The van der Waals surface area contributed by atoms with Crippen LogP contribution in [-0.4, -0.2) is 32.7 Å². The van der Waals surface area contributed by atoms with Crippen LogP contribution in [0.15, 0.2) is 12.3 Å². The quantitative estimate of drug-likeness (QED) is 0.680. The fourth-order valence-electron chi connectivity index (χ4n) is 1.51. The summed E-state index contributed by atoms with van der Waals surface area (Å²) in [7, 11) is 0. The molecular formula is C8H10N6. The van der Waals surface area contributed by atoms with Gasteiger partial charge in [0.2, 0.25) is 5.95 Å². The van der Waals surface area contributed by atoms with Crippen LogP contribution in [0.4, 0.5) is 11.8 Å². The third-order valence-electron chi connectivity index (χ3n) is 2.39. The van der Waals surface area contributed by atoms with Gasteiger partial charge in [0.05, 0.1) is 0 Å². The largest absolute Gasteiger partial charge is 0.366 e. The van der Waals surface area contributed by atoms with Crippen molar-refractivity contribution in [1.82, 2.24) is 19.6 Å². The molecule has 0 aromatic carbocycles. The van der Waals surface area contributed by atoms with E-state index in [2.05, 4.69) is 20.0 Å². The van der Waals surface area contributed by atoms with Crippen molar-refractivity contribution in [3.8, 4) is 0 Å². The van der Waals surface area contributed by atoms with Crippen molar-refractivity contribution < 1.29 is 0 Å². The zero-order valence-electron chi connectivity index (χ0n) is 7.59. The van der Waals surface area contributed by atoms with Crippen LogP contribution in [0.25, 0.3) is 5.78 Å². The van der Waals surface area contributed by atoms with Crippen molar-refractivity contribution in [1.29, 1.82) is 0 Å². The molecule has 1 aliphatic heterocycles. The summed E-state index contributed by atoms with van der Waals surface area (Å²) < 4.78 is 1.58. The van der Waals surface area contributed by atoms with E-state index in [1.165, 1.54) is 6.42 Å². The maximum atomic E-state index is 5.47. The summed E-state index contributed by atoms with van der Waals surface area (Å²) in [5.41, 5.74) is 5.47. The van der Waals surface area contributed by atoms with Gasteiger partial charge in [0.15, 0.2) is 0 Å². The van der Waals surface area contributed by atoms with Crippen LogP contribution >= 0.6 is 0 Å². The number of rotatable bonds is 1. The summed E-state index contributed by atoms with van der Waals surface area (Å²) in [5.74, 6) is 1.78. The Balaban J connectivity index is 2.09. The Morgan fingerprint density at radius 2 is 2.14 bits per heavy atom. The Hall–Kier alpha value is -1.85. The van der Waals surface area contributed by atoms with Gasteiger partial charge in [-0.25, -0.2) is 4.52 Å². The molecule has 72 valence electrons. The zero-order valence-corrected chi connectivity index (χ0v) is 7.59. The Morgan fingerprint density at radius 3 is 2.86 bits per heavy atom. The maximum absolute atomic E-state index is 5.47. The minimum absolute atomic E-state index is 0.262. The number of nitrogen functional groups attached to an aromatic ring is 1. The molecule has 1 saturated heterocycles. The first kappa shape index (κ1) is 7.54. The van der Waals surface area contributed by atoms with Crippen molar-refractivity contribution in [2.45, 2.75) is 6.42 Å². The van der Waals surface area contributed by atoms with Crippen LogP contribution in [0, 0.1) is 0 Å². The molecule has 0 aliphatic carbocycles. The van der Waals surface area contributed by atoms with Crippen LogP contribution in [-0.2, 0) is 0 Å². The van der Waals surface area contributed by atoms with Gasteiger partial charge >= 0.3 is 0 Å². The Morgan fingerprint density at radius 1 is 1.29 bits per heavy atom. The molecule has 1 aliphatic rings. The van der Waals surface area contributed by atoms with Gasteiger partial charge in [-0.05, 0) is 12.5 Å². The molecule has 0 saturated carbocycles. The van der Waals surface area contributed by atoms with E-state index in [0.717, 1.165) is 18.9 Å². The Bertz CT molecular complexity index is 472. The van der Waals surface area contributed by atoms with Gasteiger partial charge in [-0.15, -0.1) is 5.10 Å². The average molecular weight is 190 g/mol. The highest BCUT2D eigenvalue weighted by atomic mass is 15.4. The molecule has 1 fully saturated rings. The third kappa shape index (κ3) is 1.00. The van der Waals surface area contributed by atoms with Crippen LogP contribution < -0.4 is 10.6 Å². The van der Waals surface area contributed by atoms with E-state index < -0.39 is 0 Å². The molecule has 3 heterocycles. The van der Waals surface area contributed by atoms with Crippen LogP contribution in [0.1, 0.15) is 6.42 Å². The van der Waals surface area contributed by atoms with E-state index in [4.69, 9.17) is 5.73 Å². The fraction of sp³-hybridized carbons (Fsp3) is 0.375. The van der Waals surface area contributed by atoms with Crippen LogP contribution in [0.2, 0.25) is 0 Å². The topological polar surface area (TPSA) is 72.3 Å². The van der Waals surface area contributed by atoms with E-state index in [1.54, 1.807) is 4.52 Å². The van der Waals surface area contributed by atoms with Crippen LogP contribution in [0.5, 0.6) is 0 Å². The molecule has 3 rings (SSSR count). The van der Waals surface area contributed by atoms with E-state index in [9.17, 15) is 0 Å². The molecule has 0 atom stereocenters. The average Bonchev–Trinajstić information content (AvgIpc) is 2.40. The first-order chi connectivity index (χ1) is 6.83. The van der Waals surface area contributed by atoms with Gasteiger partial charge in [-0.1, -0.05) is 0 Å². The van der Waals surface area contributed by atoms with Gasteiger partial charge in [-0.2, -0.15) is 9.97 Å². The number of anilines is 2. The van der Waals surface area contributed by atoms with Crippen molar-refractivity contribution in [2.75, 3.05) is 23.7 Å². The summed E-state index contributed by atoms with van der Waals surface area (Å²) in [6.45, 7) is 2.15. The summed E-state index contributed by atoms with van der Waals surface area (Å²) in [5, 5.41) is 3.96. The highest BCUT2D eigenvalue weighted by molar-refractivity contribution is 5.46. The molecule has 2 aromatic rings. The smallest absolute Gasteiger partial charge is 0.255 e. The number of fused-ring (bicyclic) bond motifs is 1. The second-order valence-electron chi connectivity index (χ2n) is 3.34. The molecular weight excluding hydrogens is 180 g/mol. The number of nitrogens with two attached hydrogens (primary N) is 1. The van der Waals surface area contributed by atoms with Crippen molar-refractivity contribution in [3.05, 3.63) is 12.3 Å². The number of aromatic nitrogens is 4. The molecule has 6 nitrogen and oxygen atoms in total. The lowest BCUT2D eigenvalue weighted by atomic mass is 10.2. The lowest BCUT2D eigenvalue weighted by Crippen LogP contribution is -2.37. The number of hydrogen-bond acceptors (Lipinski definition) is 5. The normalized spacial score (nSPS) is 15.9. The second kappa shape index (κ2) is 2.57. The van der Waals surface area contributed by atoms with E-state index in [0.29, 0.717) is 5.78 Å². The van der Waals surface area contributed by atoms with Crippen LogP contribution in [0.3, 0.4) is 0 Å². The Kier molecular flexibility index (Phi) is 1.38. The molecule has 0 bridgehead atoms. The van der Waals surface area contributed by atoms with Gasteiger partial charge in [0, 0.05) is 19.3 Å². The first-order valence-electron chi connectivity index (χ1n) is 4.57. The zero-order chi connectivity index (χ0) is 9.54. The predicted octanol–water partition coefficient (Wildman–Crippen LogP) is -0.0834. The van der Waals surface area contributed by atoms with Crippen molar-refractivity contribution in [3.63, 3.8) is 0 Å². The number of hydrogen-bond donors (Lipinski definition) is 1. The lowest BCUT2D eigenvalue weighted by Gasteiger charge is -2.31. The standard InChI is InChI=1S/C8H10N6/c9-7-11-8-10-6(13-3-1-4-13)2-5-14(8)12-7/h2,5H,1,3-4H2,(H2,9,12). The summed E-state index contributed by atoms with van der Waals surface area (Å²) in [4.78, 5) is 10.6. The second-order valence-corrected chi connectivity index (χ2v) is 3.34. The molecule has 0 spiro atoms. The molecule has 14 heavy (non-hydrogen) atoms. The Labute approximate surface area is 80.4 Å². The predicted molar refractivity (Wildman–Crippen MR) is 52.0 cm³/mol. The SMILES string of the molecule is Nc1nc2nc(N3CCC3)ccn2n1. The van der Waals surface area contributed by atoms with E-state index in [-0.39, 0.29) is 5.95 Å². The molecule has 0 amide bonds. The van der Waals surface area contributed by atoms with Gasteiger partial charge in [-0.3, -0.25) is 0 Å². The fourth-order valence-corrected chi connectivity index (χ4v) is 1.51. The minimum Gasteiger partial charge on any atom is -0.366 e. The van der Waals surface area contributed by atoms with Crippen molar-refractivity contribution >= 4 is 17.5 Å². The van der Waals surface area contributed by atoms with E-state index >= 15 is 0 Å². The number of nitrogens with zero attached hydrogens (tertiary/aromatic N) is 5. The van der Waals surface area contributed by atoms with Crippen molar-refractivity contribution in [2.24, 2.45) is 0 Å². The highest BCUT2D eigenvalue weighted by Gasteiger charge is 2.16. The van der Waals surface area contributed by atoms with Gasteiger partial charge in [0.25, 0.3) is 5.78 Å². The van der Waals surface area contributed by atoms with Gasteiger partial charge in [0.1, 0.15) is 5.82 Å². The maximum Gasteiger partial charge on any atom is 0.255 e. The minimum atomic E-state index is 0.262. The lowest BCUT2D eigenvalue weighted by molar-refractivity contribution is 0.609. The molecule has 0 unspecified atom stereocenters.